The lowest BCUT2D eigenvalue weighted by molar-refractivity contribution is 0.100. The number of aromatic nitrogens is 1. The molecule has 8 nitrogen and oxygen atoms in total. The first-order valence-electron chi connectivity index (χ1n) is 6.91. The van der Waals surface area contributed by atoms with Crippen LogP contribution in [0.4, 0.5) is 5.69 Å². The van der Waals surface area contributed by atoms with Crippen molar-refractivity contribution in [3.8, 4) is 0 Å². The molecular formula is C15H12ClN3O5S. The predicted molar refractivity (Wildman–Crippen MR) is 92.2 cm³/mol. The second kappa shape index (κ2) is 5.94. The van der Waals surface area contributed by atoms with Crippen LogP contribution in [-0.4, -0.2) is 18.9 Å². The number of halogens is 1. The molecule has 1 aromatic heterocycles. The van der Waals surface area contributed by atoms with E-state index < -0.39 is 21.7 Å². The van der Waals surface area contributed by atoms with E-state index in [0.29, 0.717) is 5.52 Å². The normalized spacial score (nSPS) is 11.6. The second-order valence-electron chi connectivity index (χ2n) is 5.22. The van der Waals surface area contributed by atoms with E-state index in [0.717, 1.165) is 0 Å². The number of primary amides is 1. The Labute approximate surface area is 146 Å². The van der Waals surface area contributed by atoms with Crippen LogP contribution in [-0.2, 0) is 17.1 Å². The summed E-state index contributed by atoms with van der Waals surface area (Å²) in [4.78, 5) is 22.3. The van der Waals surface area contributed by atoms with Crippen molar-refractivity contribution in [2.45, 2.75) is 4.90 Å². The maximum Gasteiger partial charge on any atom is 0.419 e. The molecule has 0 atom stereocenters. The van der Waals surface area contributed by atoms with Crippen LogP contribution >= 0.6 is 11.6 Å². The highest BCUT2D eigenvalue weighted by molar-refractivity contribution is 7.92. The Balaban J connectivity index is 2.02. The standard InChI is InChI=1S/C15H12ClN3O5S/c1-19-11-6-10(16)13(7-12(11)24-15(19)21)25(22,23)18-9-4-2-8(3-5-9)14(17)20/h2-7,18H,1H3,(H2,17,20). The summed E-state index contributed by atoms with van der Waals surface area (Å²) in [7, 11) is -2.56. The average Bonchev–Trinajstić information content (AvgIpc) is 2.81. The molecule has 3 N–H and O–H groups in total. The van der Waals surface area contributed by atoms with Gasteiger partial charge in [0.05, 0.1) is 10.5 Å². The molecule has 0 aliphatic heterocycles. The van der Waals surface area contributed by atoms with E-state index in [9.17, 15) is 18.0 Å². The molecule has 1 amide bonds. The summed E-state index contributed by atoms with van der Waals surface area (Å²) in [6.07, 6.45) is 0. The number of aryl methyl sites for hydroxylation is 1. The smallest absolute Gasteiger partial charge is 0.408 e. The Hall–Kier alpha value is -2.78. The van der Waals surface area contributed by atoms with Gasteiger partial charge in [0.15, 0.2) is 5.58 Å². The Morgan fingerprint density at radius 2 is 1.88 bits per heavy atom. The first kappa shape index (κ1) is 17.1. The highest BCUT2D eigenvalue weighted by Crippen LogP contribution is 2.28. The van der Waals surface area contributed by atoms with Crippen LogP contribution in [0.3, 0.4) is 0 Å². The van der Waals surface area contributed by atoms with E-state index in [1.165, 1.54) is 48.0 Å². The molecule has 0 fully saturated rings. The number of nitrogens with zero attached hydrogens (tertiary/aromatic N) is 1. The molecule has 0 unspecified atom stereocenters. The monoisotopic (exact) mass is 381 g/mol. The first-order chi connectivity index (χ1) is 11.7. The maximum atomic E-state index is 12.6. The van der Waals surface area contributed by atoms with Crippen molar-refractivity contribution in [2.75, 3.05) is 4.72 Å². The SMILES string of the molecule is Cn1c(=O)oc2cc(S(=O)(=O)Nc3ccc(C(N)=O)cc3)c(Cl)cc21. The zero-order valence-electron chi connectivity index (χ0n) is 12.8. The summed E-state index contributed by atoms with van der Waals surface area (Å²) in [6.45, 7) is 0. The third kappa shape index (κ3) is 3.11. The van der Waals surface area contributed by atoms with Gasteiger partial charge in [-0.3, -0.25) is 14.1 Å². The van der Waals surface area contributed by atoms with Gasteiger partial charge in [0.1, 0.15) is 4.90 Å². The van der Waals surface area contributed by atoms with Gasteiger partial charge in [-0.25, -0.2) is 13.2 Å². The minimum absolute atomic E-state index is 0.0647. The third-order valence-corrected chi connectivity index (χ3v) is 5.40. The Morgan fingerprint density at radius 1 is 1.24 bits per heavy atom. The lowest BCUT2D eigenvalue weighted by atomic mass is 10.2. The fourth-order valence-electron chi connectivity index (χ4n) is 2.25. The third-order valence-electron chi connectivity index (χ3n) is 3.56. The summed E-state index contributed by atoms with van der Waals surface area (Å²) in [5, 5.41) is -0.0647. The van der Waals surface area contributed by atoms with Crippen molar-refractivity contribution in [1.29, 1.82) is 0 Å². The number of rotatable bonds is 4. The summed E-state index contributed by atoms with van der Waals surface area (Å²) >= 11 is 6.06. The van der Waals surface area contributed by atoms with Gasteiger partial charge in [-0.15, -0.1) is 0 Å². The van der Waals surface area contributed by atoms with Gasteiger partial charge in [-0.2, -0.15) is 0 Å². The topological polar surface area (TPSA) is 124 Å². The number of benzene rings is 2. The van der Waals surface area contributed by atoms with Crippen LogP contribution in [0.2, 0.25) is 5.02 Å². The van der Waals surface area contributed by atoms with E-state index in [4.69, 9.17) is 21.8 Å². The summed E-state index contributed by atoms with van der Waals surface area (Å²) in [5.74, 6) is -1.25. The number of carbonyl (C=O) groups excluding carboxylic acids is 1. The summed E-state index contributed by atoms with van der Waals surface area (Å²) in [6, 6.07) is 8.09. The molecule has 0 spiro atoms. The van der Waals surface area contributed by atoms with Crippen molar-refractivity contribution in [2.24, 2.45) is 12.8 Å². The zero-order valence-corrected chi connectivity index (χ0v) is 14.4. The van der Waals surface area contributed by atoms with Crippen molar-refractivity contribution in [3.63, 3.8) is 0 Å². The highest BCUT2D eigenvalue weighted by Gasteiger charge is 2.21. The Bertz CT molecular complexity index is 1150. The number of hydrogen-bond donors (Lipinski definition) is 2. The largest absolute Gasteiger partial charge is 0.419 e. The minimum Gasteiger partial charge on any atom is -0.408 e. The molecule has 0 aliphatic rings. The molecular weight excluding hydrogens is 370 g/mol. The summed E-state index contributed by atoms with van der Waals surface area (Å²) < 4.78 is 33.7. The highest BCUT2D eigenvalue weighted by atomic mass is 35.5. The number of fused-ring (bicyclic) bond motifs is 1. The van der Waals surface area contributed by atoms with Crippen molar-refractivity contribution in [1.82, 2.24) is 4.57 Å². The number of amides is 1. The second-order valence-corrected chi connectivity index (χ2v) is 7.28. The number of sulfonamides is 1. The first-order valence-corrected chi connectivity index (χ1v) is 8.77. The maximum absolute atomic E-state index is 12.6. The molecule has 130 valence electrons. The quantitative estimate of drug-likeness (QED) is 0.711. The number of anilines is 1. The van der Waals surface area contributed by atoms with Crippen LogP contribution in [0.1, 0.15) is 10.4 Å². The molecule has 1 heterocycles. The van der Waals surface area contributed by atoms with Crippen LogP contribution in [0.15, 0.2) is 50.5 Å². The lowest BCUT2D eigenvalue weighted by Crippen LogP contribution is -2.14. The van der Waals surface area contributed by atoms with Crippen molar-refractivity contribution >= 4 is 44.3 Å². The molecule has 10 heteroatoms. The summed E-state index contributed by atoms with van der Waals surface area (Å²) in [5.41, 5.74) is 6.07. The molecule has 3 aromatic rings. The Morgan fingerprint density at radius 3 is 2.48 bits per heavy atom. The minimum atomic E-state index is -4.04. The molecule has 0 bridgehead atoms. The fourth-order valence-corrected chi connectivity index (χ4v) is 3.84. The van der Waals surface area contributed by atoms with Gasteiger partial charge >= 0.3 is 5.76 Å². The van der Waals surface area contributed by atoms with Gasteiger partial charge in [-0.05, 0) is 30.3 Å². The zero-order chi connectivity index (χ0) is 18.4. The van der Waals surface area contributed by atoms with Crippen LogP contribution in [0.25, 0.3) is 11.1 Å². The molecule has 0 aliphatic carbocycles. The predicted octanol–water partition coefficient (Wildman–Crippen LogP) is 1.68. The number of nitrogens with one attached hydrogen (secondary N) is 1. The van der Waals surface area contributed by atoms with Gasteiger partial charge in [-0.1, -0.05) is 11.6 Å². The van der Waals surface area contributed by atoms with Gasteiger partial charge in [0.25, 0.3) is 10.0 Å². The van der Waals surface area contributed by atoms with Crippen LogP contribution in [0.5, 0.6) is 0 Å². The average molecular weight is 382 g/mol. The van der Waals surface area contributed by atoms with E-state index in [-0.39, 0.29) is 26.8 Å². The fraction of sp³-hybridized carbons (Fsp3) is 0.0667. The number of nitrogens with two attached hydrogens (primary N) is 1. The molecule has 0 saturated heterocycles. The van der Waals surface area contributed by atoms with E-state index >= 15 is 0 Å². The van der Waals surface area contributed by atoms with Crippen molar-refractivity contribution < 1.29 is 17.6 Å². The van der Waals surface area contributed by atoms with E-state index in [1.807, 2.05) is 0 Å². The molecule has 0 radical (unpaired) electrons. The van der Waals surface area contributed by atoms with E-state index in [1.54, 1.807) is 0 Å². The van der Waals surface area contributed by atoms with Crippen LogP contribution < -0.4 is 16.2 Å². The van der Waals surface area contributed by atoms with Gasteiger partial charge in [0, 0.05) is 24.4 Å². The number of hydrogen-bond acceptors (Lipinski definition) is 5. The van der Waals surface area contributed by atoms with E-state index in [2.05, 4.69) is 4.72 Å². The Kier molecular flexibility index (Phi) is 4.05. The molecule has 3 rings (SSSR count). The molecule has 2 aromatic carbocycles. The van der Waals surface area contributed by atoms with Gasteiger partial charge in [0.2, 0.25) is 5.91 Å². The van der Waals surface area contributed by atoms with Gasteiger partial charge < -0.3 is 10.2 Å². The lowest BCUT2D eigenvalue weighted by Gasteiger charge is -2.10. The van der Waals surface area contributed by atoms with Crippen molar-refractivity contribution in [3.05, 3.63) is 57.5 Å². The number of carbonyl (C=O) groups is 1. The molecule has 25 heavy (non-hydrogen) atoms. The number of oxazole rings is 1. The van der Waals surface area contributed by atoms with Crippen LogP contribution in [0, 0.1) is 0 Å². The molecule has 0 saturated carbocycles.